The number of carbonyl (C=O) groups is 4. The van der Waals surface area contributed by atoms with Gasteiger partial charge in [-0.1, -0.05) is 105 Å². The zero-order chi connectivity index (χ0) is 32.7. The second kappa shape index (κ2) is 17.7. The topological polar surface area (TPSA) is 129 Å². The summed E-state index contributed by atoms with van der Waals surface area (Å²) in [7, 11) is 0. The van der Waals surface area contributed by atoms with Gasteiger partial charge in [0.05, 0.1) is 13.2 Å². The van der Waals surface area contributed by atoms with Crippen LogP contribution < -0.4 is 21.3 Å². The fourth-order valence-electron chi connectivity index (χ4n) is 5.25. The van der Waals surface area contributed by atoms with Gasteiger partial charge >= 0.3 is 6.03 Å². The number of carbonyl (C=O) groups excluding carboxylic acids is 4. The molecule has 0 saturated carbocycles. The van der Waals surface area contributed by atoms with Crippen molar-refractivity contribution in [3.05, 3.63) is 108 Å². The predicted molar refractivity (Wildman–Crippen MR) is 177 cm³/mol. The maximum atomic E-state index is 13.9. The number of aryl methyl sites for hydroxylation is 1. The van der Waals surface area contributed by atoms with Crippen LogP contribution in [0.3, 0.4) is 0 Å². The van der Waals surface area contributed by atoms with E-state index < -0.39 is 29.9 Å². The van der Waals surface area contributed by atoms with Crippen molar-refractivity contribution in [3.8, 4) is 0 Å². The van der Waals surface area contributed by atoms with Gasteiger partial charge in [-0.15, -0.1) is 0 Å². The molecule has 4 rings (SSSR count). The Morgan fingerprint density at radius 2 is 1.22 bits per heavy atom. The molecule has 10 heteroatoms. The third kappa shape index (κ3) is 10.7. The number of nitrogens with one attached hydrogen (secondary N) is 4. The lowest BCUT2D eigenvalue weighted by atomic mass is 10.00. The molecule has 1 aliphatic heterocycles. The van der Waals surface area contributed by atoms with Crippen molar-refractivity contribution in [2.45, 2.75) is 57.8 Å². The largest absolute Gasteiger partial charge is 0.378 e. The van der Waals surface area contributed by atoms with Gasteiger partial charge in [-0.05, 0) is 35.4 Å². The van der Waals surface area contributed by atoms with Gasteiger partial charge in [-0.3, -0.25) is 14.4 Å². The first-order chi connectivity index (χ1) is 22.3. The second-order valence-corrected chi connectivity index (χ2v) is 11.8. The van der Waals surface area contributed by atoms with Crippen LogP contribution in [-0.4, -0.2) is 73.1 Å². The molecular weight excluding hydrogens is 582 g/mol. The van der Waals surface area contributed by atoms with E-state index in [9.17, 15) is 19.2 Å². The van der Waals surface area contributed by atoms with E-state index in [2.05, 4.69) is 21.3 Å². The third-order valence-electron chi connectivity index (χ3n) is 7.95. The standard InChI is InChI=1S/C36H45N5O5/c1-26(2)32(35(44)37-25-29-16-10-5-11-17-29)40-33(42)30(19-18-27-12-6-3-7-13-27)38-34(43)31(24-28-14-8-4-9-15-28)39-36(45)41-20-22-46-23-21-41/h3-17,26,30-32H,18-25H2,1-2H3,(H,37,44)(H,38,43)(H,39,45)(H,40,42)/t30-,31-,32-/m0/s1. The average Bonchev–Trinajstić information content (AvgIpc) is 3.09. The molecule has 3 aromatic carbocycles. The fourth-order valence-corrected chi connectivity index (χ4v) is 5.25. The highest BCUT2D eigenvalue weighted by Crippen LogP contribution is 2.11. The normalized spacial score (nSPS) is 14.9. The summed E-state index contributed by atoms with van der Waals surface area (Å²) in [6.07, 6.45) is 1.06. The minimum Gasteiger partial charge on any atom is -0.378 e. The summed E-state index contributed by atoms with van der Waals surface area (Å²) in [5.41, 5.74) is 2.82. The Morgan fingerprint density at radius 1 is 0.674 bits per heavy atom. The highest BCUT2D eigenvalue weighted by Gasteiger charge is 2.31. The molecule has 244 valence electrons. The molecule has 0 spiro atoms. The third-order valence-corrected chi connectivity index (χ3v) is 7.95. The van der Waals surface area contributed by atoms with Crippen molar-refractivity contribution in [1.82, 2.24) is 26.2 Å². The van der Waals surface area contributed by atoms with Crippen LogP contribution in [0.15, 0.2) is 91.0 Å². The van der Waals surface area contributed by atoms with Gasteiger partial charge in [-0.2, -0.15) is 0 Å². The van der Waals surface area contributed by atoms with Gasteiger partial charge < -0.3 is 30.9 Å². The van der Waals surface area contributed by atoms with Gasteiger partial charge in [0.2, 0.25) is 17.7 Å². The molecule has 10 nitrogen and oxygen atoms in total. The van der Waals surface area contributed by atoms with Crippen molar-refractivity contribution in [2.24, 2.45) is 5.92 Å². The molecule has 0 unspecified atom stereocenters. The number of hydrogen-bond acceptors (Lipinski definition) is 5. The van der Waals surface area contributed by atoms with Crippen LogP contribution in [0.25, 0.3) is 0 Å². The van der Waals surface area contributed by atoms with Gasteiger partial charge in [0.15, 0.2) is 0 Å². The summed E-state index contributed by atoms with van der Waals surface area (Å²) in [6.45, 7) is 5.77. The van der Waals surface area contributed by atoms with Crippen LogP contribution in [0.1, 0.15) is 37.0 Å². The Balaban J connectivity index is 1.50. The molecule has 5 amide bonds. The molecule has 0 bridgehead atoms. The lowest BCUT2D eigenvalue weighted by molar-refractivity contribution is -0.133. The van der Waals surface area contributed by atoms with E-state index in [0.717, 1.165) is 16.7 Å². The lowest BCUT2D eigenvalue weighted by Gasteiger charge is -2.30. The van der Waals surface area contributed by atoms with E-state index >= 15 is 0 Å². The molecule has 1 aliphatic rings. The number of ether oxygens (including phenoxy) is 1. The summed E-state index contributed by atoms with van der Waals surface area (Å²) in [5.74, 6) is -1.45. The van der Waals surface area contributed by atoms with Gasteiger partial charge in [0.25, 0.3) is 0 Å². The molecule has 4 N–H and O–H groups in total. The van der Waals surface area contributed by atoms with Gasteiger partial charge in [0, 0.05) is 26.1 Å². The molecule has 1 heterocycles. The minimum atomic E-state index is -0.950. The first kappa shape index (κ1) is 34.2. The predicted octanol–water partition coefficient (Wildman–Crippen LogP) is 3.21. The van der Waals surface area contributed by atoms with Crippen LogP contribution in [-0.2, 0) is 38.5 Å². The van der Waals surface area contributed by atoms with E-state index in [1.807, 2.05) is 105 Å². The van der Waals surface area contributed by atoms with Crippen LogP contribution in [0.4, 0.5) is 4.79 Å². The molecule has 1 fully saturated rings. The first-order valence-corrected chi connectivity index (χ1v) is 15.9. The van der Waals surface area contributed by atoms with Crippen molar-refractivity contribution >= 4 is 23.8 Å². The molecule has 3 aromatic rings. The van der Waals surface area contributed by atoms with E-state index in [0.29, 0.717) is 45.7 Å². The molecule has 0 radical (unpaired) electrons. The summed E-state index contributed by atoms with van der Waals surface area (Å²) in [4.78, 5) is 55.7. The maximum Gasteiger partial charge on any atom is 0.318 e. The van der Waals surface area contributed by atoms with Crippen molar-refractivity contribution in [3.63, 3.8) is 0 Å². The Bertz CT molecular complexity index is 1400. The molecule has 46 heavy (non-hydrogen) atoms. The Hall–Kier alpha value is -4.70. The van der Waals surface area contributed by atoms with E-state index in [1.165, 1.54) is 0 Å². The van der Waals surface area contributed by atoms with Gasteiger partial charge in [0.1, 0.15) is 18.1 Å². The number of benzene rings is 3. The van der Waals surface area contributed by atoms with E-state index in [4.69, 9.17) is 4.74 Å². The monoisotopic (exact) mass is 627 g/mol. The number of urea groups is 1. The zero-order valence-electron chi connectivity index (χ0n) is 26.6. The summed E-state index contributed by atoms with van der Waals surface area (Å²) in [5, 5.41) is 11.6. The zero-order valence-corrected chi connectivity index (χ0v) is 26.6. The van der Waals surface area contributed by atoms with Crippen LogP contribution >= 0.6 is 0 Å². The summed E-state index contributed by atoms with van der Waals surface area (Å²) in [6, 6.07) is 25.6. The van der Waals surface area contributed by atoms with E-state index in [-0.39, 0.29) is 24.3 Å². The second-order valence-electron chi connectivity index (χ2n) is 11.8. The average molecular weight is 628 g/mol. The highest BCUT2D eigenvalue weighted by atomic mass is 16.5. The lowest BCUT2D eigenvalue weighted by Crippen LogP contribution is -2.59. The number of nitrogens with zero attached hydrogens (tertiary/aromatic N) is 1. The van der Waals surface area contributed by atoms with Crippen LogP contribution in [0.2, 0.25) is 0 Å². The molecule has 0 aromatic heterocycles. The van der Waals surface area contributed by atoms with Gasteiger partial charge in [-0.25, -0.2) is 4.79 Å². The van der Waals surface area contributed by atoms with Crippen molar-refractivity contribution in [1.29, 1.82) is 0 Å². The first-order valence-electron chi connectivity index (χ1n) is 15.9. The number of rotatable bonds is 14. The highest BCUT2D eigenvalue weighted by molar-refractivity contribution is 5.94. The minimum absolute atomic E-state index is 0.205. The Labute approximate surface area is 271 Å². The smallest absolute Gasteiger partial charge is 0.318 e. The fraction of sp³-hybridized carbons (Fsp3) is 0.389. The quantitative estimate of drug-likeness (QED) is 0.218. The van der Waals surface area contributed by atoms with Crippen LogP contribution in [0.5, 0.6) is 0 Å². The summed E-state index contributed by atoms with van der Waals surface area (Å²) >= 11 is 0. The molecule has 1 saturated heterocycles. The molecular formula is C36H45N5O5. The van der Waals surface area contributed by atoms with Crippen LogP contribution in [0, 0.1) is 5.92 Å². The number of hydrogen-bond donors (Lipinski definition) is 4. The van der Waals surface area contributed by atoms with E-state index in [1.54, 1.807) is 4.90 Å². The number of amides is 5. The number of morpholine rings is 1. The maximum absolute atomic E-state index is 13.9. The Morgan fingerprint density at radius 3 is 1.80 bits per heavy atom. The van der Waals surface area contributed by atoms with Crippen molar-refractivity contribution in [2.75, 3.05) is 26.3 Å². The Kier molecular flexibility index (Phi) is 13.2. The summed E-state index contributed by atoms with van der Waals surface area (Å²) < 4.78 is 5.37. The molecule has 3 atom stereocenters. The SMILES string of the molecule is CC(C)[C@H](NC(=O)[C@H](CCc1ccccc1)NC(=O)[C@H](Cc1ccccc1)NC(=O)N1CCOCC1)C(=O)NCc1ccccc1. The van der Waals surface area contributed by atoms with Crippen molar-refractivity contribution < 1.29 is 23.9 Å². The molecule has 0 aliphatic carbocycles.